The second-order valence-electron chi connectivity index (χ2n) is 4.10. The Kier molecular flexibility index (Phi) is 3.13. The first-order valence-corrected chi connectivity index (χ1v) is 5.03. The van der Waals surface area contributed by atoms with E-state index in [0.29, 0.717) is 5.41 Å². The fraction of sp³-hybridized carbons (Fsp3) is 0.667. The van der Waals surface area contributed by atoms with Gasteiger partial charge in [-0.25, -0.2) is 0 Å². The molecule has 0 bridgehead atoms. The van der Waals surface area contributed by atoms with Crippen LogP contribution in [0.1, 0.15) is 45.4 Å². The van der Waals surface area contributed by atoms with Gasteiger partial charge in [0, 0.05) is 0 Å². The first-order valence-electron chi connectivity index (χ1n) is 5.03. The third-order valence-corrected chi connectivity index (χ3v) is 3.30. The number of allylic oxidation sites excluding steroid dienone is 2. The molecule has 0 heteroatoms. The number of rotatable bonds is 4. The van der Waals surface area contributed by atoms with Gasteiger partial charge in [-0.2, -0.15) is 0 Å². The minimum absolute atomic E-state index is 0.589. The zero-order valence-electron chi connectivity index (χ0n) is 8.23. The van der Waals surface area contributed by atoms with Crippen LogP contribution in [0.15, 0.2) is 24.8 Å². The summed E-state index contributed by atoms with van der Waals surface area (Å²) in [4.78, 5) is 0. The molecule has 1 fully saturated rings. The molecule has 0 atom stereocenters. The third-order valence-electron chi connectivity index (χ3n) is 3.30. The van der Waals surface area contributed by atoms with Gasteiger partial charge in [0.15, 0.2) is 0 Å². The fourth-order valence-electron chi connectivity index (χ4n) is 2.33. The summed E-state index contributed by atoms with van der Waals surface area (Å²) in [6.07, 6.45) is 10.0. The molecule has 0 heterocycles. The van der Waals surface area contributed by atoms with E-state index in [4.69, 9.17) is 0 Å². The van der Waals surface area contributed by atoms with Crippen LogP contribution in [0.4, 0.5) is 0 Å². The van der Waals surface area contributed by atoms with E-state index in [-0.39, 0.29) is 0 Å². The number of hydrogen-bond donors (Lipinski definition) is 0. The lowest BCUT2D eigenvalue weighted by molar-refractivity contribution is 0.284. The molecule has 1 rings (SSSR count). The van der Waals surface area contributed by atoms with Gasteiger partial charge in [-0.3, -0.25) is 0 Å². The quantitative estimate of drug-likeness (QED) is 0.549. The van der Waals surface area contributed by atoms with Gasteiger partial charge in [0.05, 0.1) is 0 Å². The van der Waals surface area contributed by atoms with E-state index in [1.807, 2.05) is 6.08 Å². The summed E-state index contributed by atoms with van der Waals surface area (Å²) >= 11 is 0. The molecule has 1 aliphatic rings. The van der Waals surface area contributed by atoms with E-state index in [1.165, 1.54) is 44.1 Å². The number of hydrogen-bond acceptors (Lipinski definition) is 0. The fourth-order valence-corrected chi connectivity index (χ4v) is 2.33. The van der Waals surface area contributed by atoms with E-state index in [9.17, 15) is 0 Å². The van der Waals surface area contributed by atoms with Crippen molar-refractivity contribution < 1.29 is 0 Å². The Morgan fingerprint density at radius 1 is 1.42 bits per heavy atom. The topological polar surface area (TPSA) is 0 Å². The van der Waals surface area contributed by atoms with Crippen molar-refractivity contribution in [2.45, 2.75) is 45.4 Å². The van der Waals surface area contributed by atoms with Crippen LogP contribution < -0.4 is 0 Å². The molecule has 12 heavy (non-hydrogen) atoms. The van der Waals surface area contributed by atoms with E-state index in [1.54, 1.807) is 0 Å². The normalized spacial score (nSPS) is 20.8. The Hall–Kier alpha value is -0.520. The van der Waals surface area contributed by atoms with Crippen molar-refractivity contribution in [1.82, 2.24) is 0 Å². The van der Waals surface area contributed by atoms with Gasteiger partial charge in [-0.05, 0) is 24.7 Å². The molecule has 0 spiro atoms. The lowest BCUT2D eigenvalue weighted by Crippen LogP contribution is -2.14. The lowest BCUT2D eigenvalue weighted by Gasteiger charge is -2.27. The van der Waals surface area contributed by atoms with Gasteiger partial charge in [0.2, 0.25) is 0 Å². The van der Waals surface area contributed by atoms with Gasteiger partial charge in [-0.15, -0.1) is 0 Å². The van der Waals surface area contributed by atoms with E-state index in [0.717, 1.165) is 0 Å². The summed E-state index contributed by atoms with van der Waals surface area (Å²) < 4.78 is 0. The minimum atomic E-state index is 0.589. The molecular weight excluding hydrogens is 144 g/mol. The van der Waals surface area contributed by atoms with Gasteiger partial charge >= 0.3 is 0 Å². The largest absolute Gasteiger partial charge is 0.0988 e. The smallest absolute Gasteiger partial charge is 0.0228 e. The van der Waals surface area contributed by atoms with E-state index < -0.39 is 0 Å². The maximum absolute atomic E-state index is 4.01. The maximum Gasteiger partial charge on any atom is -0.0228 e. The monoisotopic (exact) mass is 164 g/mol. The minimum Gasteiger partial charge on any atom is -0.0988 e. The Morgan fingerprint density at radius 2 is 2.00 bits per heavy atom. The average molecular weight is 164 g/mol. The summed E-state index contributed by atoms with van der Waals surface area (Å²) in [6, 6.07) is 0. The predicted molar refractivity (Wildman–Crippen MR) is 55.1 cm³/mol. The molecule has 0 nitrogen and oxygen atoms in total. The molecule has 0 unspecified atom stereocenters. The van der Waals surface area contributed by atoms with Gasteiger partial charge in [0.25, 0.3) is 0 Å². The lowest BCUT2D eigenvalue weighted by atomic mass is 9.78. The van der Waals surface area contributed by atoms with Crippen molar-refractivity contribution in [3.8, 4) is 0 Å². The summed E-state index contributed by atoms with van der Waals surface area (Å²) in [7, 11) is 0. The van der Waals surface area contributed by atoms with Crippen molar-refractivity contribution in [2.75, 3.05) is 0 Å². The highest BCUT2D eigenvalue weighted by atomic mass is 14.4. The molecule has 0 radical (unpaired) electrons. The Bertz CT molecular complexity index is 170. The van der Waals surface area contributed by atoms with Crippen LogP contribution in [0.5, 0.6) is 0 Å². The zero-order valence-corrected chi connectivity index (χ0v) is 8.23. The third kappa shape index (κ3) is 2.00. The molecule has 1 saturated carbocycles. The Labute approximate surface area is 76.4 Å². The Morgan fingerprint density at radius 3 is 2.42 bits per heavy atom. The molecule has 0 saturated heterocycles. The van der Waals surface area contributed by atoms with Crippen molar-refractivity contribution >= 4 is 0 Å². The maximum atomic E-state index is 4.01. The first kappa shape index (κ1) is 9.57. The molecule has 68 valence electrons. The standard InChI is InChI=1S/C12H20/c1-4-11(3)10-12(5-2)8-6-7-9-12/h4H,1,3,5-10H2,2H3. The SMILES string of the molecule is C=CC(=C)CC1(CC)CCCC1. The van der Waals surface area contributed by atoms with Crippen LogP contribution in [0.3, 0.4) is 0 Å². The van der Waals surface area contributed by atoms with Crippen LogP contribution in [-0.4, -0.2) is 0 Å². The average Bonchev–Trinajstić information content (AvgIpc) is 2.54. The van der Waals surface area contributed by atoms with Crippen molar-refractivity contribution in [1.29, 1.82) is 0 Å². The highest BCUT2D eigenvalue weighted by Gasteiger charge is 2.31. The molecule has 0 aromatic carbocycles. The van der Waals surface area contributed by atoms with Crippen molar-refractivity contribution in [3.05, 3.63) is 24.8 Å². The summed E-state index contributed by atoms with van der Waals surface area (Å²) in [6.45, 7) is 10.1. The first-order chi connectivity index (χ1) is 5.72. The highest BCUT2D eigenvalue weighted by molar-refractivity contribution is 5.14. The van der Waals surface area contributed by atoms with Gasteiger partial charge in [0.1, 0.15) is 0 Å². The van der Waals surface area contributed by atoms with Crippen LogP contribution >= 0.6 is 0 Å². The molecule has 0 amide bonds. The predicted octanol–water partition coefficient (Wildman–Crippen LogP) is 4.09. The van der Waals surface area contributed by atoms with E-state index in [2.05, 4.69) is 20.1 Å². The molecule has 0 aromatic heterocycles. The second kappa shape index (κ2) is 3.93. The van der Waals surface area contributed by atoms with E-state index >= 15 is 0 Å². The molecular formula is C12H20. The van der Waals surface area contributed by atoms with Crippen LogP contribution in [0.2, 0.25) is 0 Å². The summed E-state index contributed by atoms with van der Waals surface area (Å²) in [5.41, 5.74) is 1.81. The molecule has 0 aromatic rings. The Balaban J connectivity index is 2.54. The van der Waals surface area contributed by atoms with Gasteiger partial charge < -0.3 is 0 Å². The highest BCUT2D eigenvalue weighted by Crippen LogP contribution is 2.45. The molecule has 0 aliphatic heterocycles. The molecule has 0 N–H and O–H groups in total. The molecule has 1 aliphatic carbocycles. The van der Waals surface area contributed by atoms with Crippen LogP contribution in [-0.2, 0) is 0 Å². The van der Waals surface area contributed by atoms with Crippen molar-refractivity contribution in [3.63, 3.8) is 0 Å². The van der Waals surface area contributed by atoms with Crippen LogP contribution in [0.25, 0.3) is 0 Å². The van der Waals surface area contributed by atoms with Crippen molar-refractivity contribution in [2.24, 2.45) is 5.41 Å². The zero-order chi connectivity index (χ0) is 9.03. The van der Waals surface area contributed by atoms with Crippen LogP contribution in [0, 0.1) is 5.41 Å². The van der Waals surface area contributed by atoms with Gasteiger partial charge in [-0.1, -0.05) is 51.0 Å². The second-order valence-corrected chi connectivity index (χ2v) is 4.10. The summed E-state index contributed by atoms with van der Waals surface area (Å²) in [5.74, 6) is 0. The summed E-state index contributed by atoms with van der Waals surface area (Å²) in [5, 5.41) is 0.